The van der Waals surface area contributed by atoms with Gasteiger partial charge in [0.05, 0.1) is 5.52 Å². The van der Waals surface area contributed by atoms with Gasteiger partial charge in [0.15, 0.2) is 0 Å². The molecule has 0 aliphatic heterocycles. The van der Waals surface area contributed by atoms with Crippen LogP contribution in [-0.2, 0) is 0 Å². The van der Waals surface area contributed by atoms with Crippen LogP contribution in [0.4, 0.5) is 0 Å². The molecule has 1 unspecified atom stereocenters. The van der Waals surface area contributed by atoms with Crippen molar-refractivity contribution in [1.82, 2.24) is 4.98 Å². The molecule has 0 saturated carbocycles. The summed E-state index contributed by atoms with van der Waals surface area (Å²) in [5.41, 5.74) is 1.69. The van der Waals surface area contributed by atoms with Gasteiger partial charge in [-0.05, 0) is 31.2 Å². The second-order valence-electron chi connectivity index (χ2n) is 4.39. The summed E-state index contributed by atoms with van der Waals surface area (Å²) in [6.45, 7) is 2.04. The van der Waals surface area contributed by atoms with E-state index in [0.29, 0.717) is 0 Å². The molecule has 0 radical (unpaired) electrons. The Kier molecular flexibility index (Phi) is 3.39. The molecule has 0 spiro atoms. The lowest BCUT2D eigenvalue weighted by Gasteiger charge is -2.12. The van der Waals surface area contributed by atoms with Crippen molar-refractivity contribution in [2.45, 2.75) is 13.0 Å². The summed E-state index contributed by atoms with van der Waals surface area (Å²) >= 11 is 5.14. The zero-order chi connectivity index (χ0) is 13.4. The van der Waals surface area contributed by atoms with Crippen molar-refractivity contribution in [3.05, 3.63) is 62.4 Å². The van der Waals surface area contributed by atoms with E-state index in [2.05, 4.69) is 20.9 Å². The lowest BCUT2D eigenvalue weighted by atomic mass is 10.0. The highest BCUT2D eigenvalue weighted by atomic mass is 79.9. The molecule has 3 rings (SSSR count). The number of rotatable bonds is 2. The first-order chi connectivity index (χ1) is 9.16. The van der Waals surface area contributed by atoms with E-state index in [-0.39, 0.29) is 0 Å². The number of aryl methyl sites for hydroxylation is 1. The molecule has 0 bridgehead atoms. The Morgan fingerprint density at radius 1 is 1.21 bits per heavy atom. The van der Waals surface area contributed by atoms with Crippen LogP contribution >= 0.6 is 27.3 Å². The van der Waals surface area contributed by atoms with E-state index in [9.17, 15) is 5.11 Å². The van der Waals surface area contributed by atoms with Crippen LogP contribution in [-0.4, -0.2) is 10.1 Å². The Morgan fingerprint density at radius 2 is 2.05 bits per heavy atom. The molecule has 2 aromatic heterocycles. The number of pyridine rings is 1. The van der Waals surface area contributed by atoms with Gasteiger partial charge in [-0.2, -0.15) is 0 Å². The largest absolute Gasteiger partial charge is 0.383 e. The van der Waals surface area contributed by atoms with Crippen LogP contribution in [0, 0.1) is 6.92 Å². The normalized spacial score (nSPS) is 12.8. The van der Waals surface area contributed by atoms with Gasteiger partial charge < -0.3 is 5.11 Å². The van der Waals surface area contributed by atoms with Crippen molar-refractivity contribution in [3.63, 3.8) is 0 Å². The summed E-state index contributed by atoms with van der Waals surface area (Å²) in [6.07, 6.45) is 1.13. The van der Waals surface area contributed by atoms with E-state index in [1.165, 1.54) is 4.88 Å². The van der Waals surface area contributed by atoms with Crippen molar-refractivity contribution in [2.75, 3.05) is 0 Å². The molecule has 0 aliphatic carbocycles. The highest BCUT2D eigenvalue weighted by molar-refractivity contribution is 9.10. The summed E-state index contributed by atoms with van der Waals surface area (Å²) in [5.74, 6) is 0. The Morgan fingerprint density at radius 3 is 2.79 bits per heavy atom. The molecule has 1 atom stereocenters. The number of aromatic nitrogens is 1. The summed E-state index contributed by atoms with van der Waals surface area (Å²) < 4.78 is 0.994. The molecule has 0 fully saturated rings. The molecule has 3 aromatic rings. The van der Waals surface area contributed by atoms with Gasteiger partial charge in [0.2, 0.25) is 0 Å². The van der Waals surface area contributed by atoms with E-state index in [1.54, 1.807) is 17.5 Å². The minimum Gasteiger partial charge on any atom is -0.383 e. The van der Waals surface area contributed by atoms with Gasteiger partial charge in [0.1, 0.15) is 6.10 Å². The molecule has 0 amide bonds. The van der Waals surface area contributed by atoms with Crippen molar-refractivity contribution in [2.24, 2.45) is 0 Å². The minimum absolute atomic E-state index is 0.621. The number of thiophene rings is 1. The third kappa shape index (κ3) is 2.31. The van der Waals surface area contributed by atoms with Gasteiger partial charge in [-0.25, -0.2) is 0 Å². The fourth-order valence-corrected chi connectivity index (χ4v) is 3.47. The predicted octanol–water partition coefficient (Wildman–Crippen LogP) is 4.45. The van der Waals surface area contributed by atoms with Crippen LogP contribution in [0.25, 0.3) is 10.9 Å². The molecule has 0 saturated heterocycles. The van der Waals surface area contributed by atoms with Crippen molar-refractivity contribution in [3.8, 4) is 0 Å². The van der Waals surface area contributed by atoms with Gasteiger partial charge >= 0.3 is 0 Å². The van der Waals surface area contributed by atoms with Gasteiger partial charge in [-0.1, -0.05) is 28.1 Å². The Labute approximate surface area is 123 Å². The minimum atomic E-state index is -0.621. The van der Waals surface area contributed by atoms with Crippen LogP contribution < -0.4 is 0 Å². The first-order valence-electron chi connectivity index (χ1n) is 5.94. The summed E-state index contributed by atoms with van der Waals surface area (Å²) in [6, 6.07) is 11.8. The summed E-state index contributed by atoms with van der Waals surface area (Å²) in [5, 5.41) is 11.6. The van der Waals surface area contributed by atoms with Crippen LogP contribution in [0.2, 0.25) is 0 Å². The molecule has 4 heteroatoms. The monoisotopic (exact) mass is 333 g/mol. The highest BCUT2D eigenvalue weighted by Gasteiger charge is 2.16. The highest BCUT2D eigenvalue weighted by Crippen LogP contribution is 2.34. The average Bonchev–Trinajstić information content (AvgIpc) is 2.86. The van der Waals surface area contributed by atoms with Crippen LogP contribution in [0.1, 0.15) is 21.4 Å². The molecular weight excluding hydrogens is 322 g/mol. The summed E-state index contributed by atoms with van der Waals surface area (Å²) in [7, 11) is 0. The maximum atomic E-state index is 10.5. The Balaban J connectivity index is 2.18. The number of hydrogen-bond donors (Lipinski definition) is 1. The fraction of sp³-hybridized carbons (Fsp3) is 0.133. The maximum Gasteiger partial charge on any atom is 0.115 e. The zero-order valence-corrected chi connectivity index (χ0v) is 12.7. The second kappa shape index (κ2) is 5.04. The van der Waals surface area contributed by atoms with Gasteiger partial charge in [0.25, 0.3) is 0 Å². The first-order valence-corrected chi connectivity index (χ1v) is 7.55. The Bertz CT molecular complexity index is 738. The van der Waals surface area contributed by atoms with E-state index in [0.717, 1.165) is 25.8 Å². The average molecular weight is 334 g/mol. The Hall–Kier alpha value is -1.23. The molecule has 2 nitrogen and oxygen atoms in total. The van der Waals surface area contributed by atoms with E-state index >= 15 is 0 Å². The van der Waals surface area contributed by atoms with Crippen LogP contribution in [0.15, 0.2) is 47.1 Å². The number of halogens is 1. The zero-order valence-electron chi connectivity index (χ0n) is 10.3. The lowest BCUT2D eigenvalue weighted by Crippen LogP contribution is -1.99. The molecule has 96 valence electrons. The van der Waals surface area contributed by atoms with Crippen LogP contribution in [0.3, 0.4) is 0 Å². The lowest BCUT2D eigenvalue weighted by molar-refractivity contribution is 0.225. The number of hydrogen-bond acceptors (Lipinski definition) is 3. The standard InChI is InChI=1S/C15H12BrNOS/c1-9-4-7-13(19-9)15(18)11-5-6-12(16)10-3-2-8-17-14(10)11/h2-8,15,18H,1H3. The quantitative estimate of drug-likeness (QED) is 0.751. The van der Waals surface area contributed by atoms with Gasteiger partial charge in [0, 0.05) is 31.4 Å². The van der Waals surface area contributed by atoms with Crippen molar-refractivity contribution >= 4 is 38.2 Å². The van der Waals surface area contributed by atoms with Crippen molar-refractivity contribution < 1.29 is 5.11 Å². The van der Waals surface area contributed by atoms with E-state index < -0.39 is 6.10 Å². The van der Waals surface area contributed by atoms with Crippen molar-refractivity contribution in [1.29, 1.82) is 0 Å². The molecule has 0 aliphatic rings. The smallest absolute Gasteiger partial charge is 0.115 e. The third-order valence-corrected chi connectivity index (χ3v) is 4.82. The maximum absolute atomic E-state index is 10.5. The topological polar surface area (TPSA) is 33.1 Å². The predicted molar refractivity (Wildman–Crippen MR) is 82.6 cm³/mol. The molecule has 19 heavy (non-hydrogen) atoms. The summed E-state index contributed by atoms with van der Waals surface area (Å²) in [4.78, 5) is 6.56. The number of aliphatic hydroxyl groups excluding tert-OH is 1. The van der Waals surface area contributed by atoms with E-state index in [4.69, 9.17) is 0 Å². The molecule has 1 aromatic carbocycles. The second-order valence-corrected chi connectivity index (χ2v) is 6.56. The fourth-order valence-electron chi connectivity index (χ4n) is 2.13. The third-order valence-electron chi connectivity index (χ3n) is 3.07. The number of fused-ring (bicyclic) bond motifs is 1. The number of nitrogens with zero attached hydrogens (tertiary/aromatic N) is 1. The van der Waals surface area contributed by atoms with Crippen LogP contribution in [0.5, 0.6) is 0 Å². The van der Waals surface area contributed by atoms with Gasteiger partial charge in [-0.15, -0.1) is 11.3 Å². The molecule has 2 heterocycles. The number of benzene rings is 1. The van der Waals surface area contributed by atoms with Gasteiger partial charge in [-0.3, -0.25) is 4.98 Å². The molecular formula is C15H12BrNOS. The molecule has 1 N–H and O–H groups in total. The SMILES string of the molecule is Cc1ccc(C(O)c2ccc(Br)c3cccnc23)s1. The van der Waals surface area contributed by atoms with E-state index in [1.807, 2.05) is 43.3 Å². The first kappa shape index (κ1) is 12.8. The number of aliphatic hydroxyl groups is 1.